The smallest absolute Gasteiger partial charge is 0.329 e. The molecule has 0 aliphatic carbocycles. The summed E-state index contributed by atoms with van der Waals surface area (Å²) < 4.78 is 39.5. The Bertz CT molecular complexity index is 1500. The number of benzene rings is 2. The summed E-state index contributed by atoms with van der Waals surface area (Å²) in [5.74, 6) is -0.0676. The first kappa shape index (κ1) is 25.2. The molecule has 38 heavy (non-hydrogen) atoms. The maximum absolute atomic E-state index is 14.2. The Kier molecular flexibility index (Phi) is 6.16. The molecule has 2 bridgehead atoms. The number of allylic oxidation sites excluding steroid dienone is 1. The zero-order valence-electron chi connectivity index (χ0n) is 20.9. The molecule has 2 saturated heterocycles. The number of ether oxygens (including phenoxy) is 2. The van der Waals surface area contributed by atoms with Gasteiger partial charge >= 0.3 is 5.97 Å². The number of sulfonamides is 1. The molecule has 0 N–H and O–H groups in total. The number of fused-ring (bicyclic) bond motifs is 3. The summed E-state index contributed by atoms with van der Waals surface area (Å²) in [4.78, 5) is 31.0. The third-order valence-electron chi connectivity index (χ3n) is 8.15. The van der Waals surface area contributed by atoms with Crippen molar-refractivity contribution in [3.8, 4) is 0 Å². The molecular formula is C27H28ClN3O6S. The Labute approximate surface area is 226 Å². The number of piperidine rings is 1. The van der Waals surface area contributed by atoms with E-state index in [0.717, 1.165) is 22.2 Å². The van der Waals surface area contributed by atoms with E-state index in [0.29, 0.717) is 37.6 Å². The SMILES string of the molecule is COC(=O)C1CN(S(=O)(=O)c2ccc3cc(Cl)ccc3c2)CCN1C(=O)C12CCN(CC1)C1=C2C=CCO1. The van der Waals surface area contributed by atoms with Crippen LogP contribution in [-0.2, 0) is 29.1 Å². The van der Waals surface area contributed by atoms with Gasteiger partial charge in [-0.2, -0.15) is 4.31 Å². The molecule has 5 heterocycles. The van der Waals surface area contributed by atoms with E-state index in [4.69, 9.17) is 21.1 Å². The maximum Gasteiger partial charge on any atom is 0.329 e. The number of esters is 1. The fourth-order valence-electron chi connectivity index (χ4n) is 6.09. The molecule has 0 aromatic heterocycles. The van der Waals surface area contributed by atoms with Crippen LogP contribution in [0.5, 0.6) is 0 Å². The number of piperazine rings is 1. The third-order valence-corrected chi connectivity index (χ3v) is 10.2. The molecule has 200 valence electrons. The Balaban J connectivity index is 1.30. The zero-order chi connectivity index (χ0) is 26.7. The molecule has 5 aliphatic heterocycles. The highest BCUT2D eigenvalue weighted by molar-refractivity contribution is 7.89. The monoisotopic (exact) mass is 557 g/mol. The second-order valence-corrected chi connectivity index (χ2v) is 12.4. The van der Waals surface area contributed by atoms with Crippen LogP contribution in [0.15, 0.2) is 64.9 Å². The lowest BCUT2D eigenvalue weighted by Gasteiger charge is -2.52. The average molecular weight is 558 g/mol. The van der Waals surface area contributed by atoms with Gasteiger partial charge in [-0.1, -0.05) is 29.8 Å². The second kappa shape index (κ2) is 9.29. The Hall–Kier alpha value is -3.08. The van der Waals surface area contributed by atoms with Gasteiger partial charge < -0.3 is 19.3 Å². The van der Waals surface area contributed by atoms with Crippen molar-refractivity contribution in [3.05, 3.63) is 65.0 Å². The van der Waals surface area contributed by atoms with Crippen LogP contribution in [0.25, 0.3) is 10.8 Å². The zero-order valence-corrected chi connectivity index (χ0v) is 22.5. The number of rotatable bonds is 4. The first-order valence-electron chi connectivity index (χ1n) is 12.6. The van der Waals surface area contributed by atoms with E-state index in [1.54, 1.807) is 30.3 Å². The molecule has 1 unspecified atom stereocenters. The van der Waals surface area contributed by atoms with E-state index in [1.165, 1.54) is 22.4 Å². The number of amides is 1. The summed E-state index contributed by atoms with van der Waals surface area (Å²) >= 11 is 6.07. The third kappa shape index (κ3) is 3.88. The fourth-order valence-corrected chi connectivity index (χ4v) is 7.75. The highest BCUT2D eigenvalue weighted by Gasteiger charge is 2.55. The van der Waals surface area contributed by atoms with Crippen molar-refractivity contribution in [2.75, 3.05) is 46.4 Å². The molecule has 2 fully saturated rings. The van der Waals surface area contributed by atoms with Crippen molar-refractivity contribution in [1.82, 2.24) is 14.1 Å². The first-order chi connectivity index (χ1) is 18.2. The second-order valence-electron chi connectivity index (χ2n) is 10.1. The van der Waals surface area contributed by atoms with Crippen molar-refractivity contribution in [1.29, 1.82) is 0 Å². The van der Waals surface area contributed by atoms with Gasteiger partial charge in [-0.25, -0.2) is 13.2 Å². The molecule has 9 nitrogen and oxygen atoms in total. The van der Waals surface area contributed by atoms with Gasteiger partial charge in [-0.15, -0.1) is 0 Å². The lowest BCUT2D eigenvalue weighted by Crippen LogP contribution is -2.64. The van der Waals surface area contributed by atoms with Crippen LogP contribution in [0, 0.1) is 5.41 Å². The van der Waals surface area contributed by atoms with E-state index in [9.17, 15) is 18.0 Å². The van der Waals surface area contributed by atoms with Gasteiger partial charge in [0.05, 0.1) is 17.4 Å². The van der Waals surface area contributed by atoms with E-state index < -0.39 is 27.4 Å². The highest BCUT2D eigenvalue weighted by Crippen LogP contribution is 2.50. The maximum atomic E-state index is 14.2. The topological polar surface area (TPSA) is 96.5 Å². The van der Waals surface area contributed by atoms with Gasteiger partial charge in [-0.3, -0.25) is 4.79 Å². The van der Waals surface area contributed by atoms with Crippen molar-refractivity contribution in [3.63, 3.8) is 0 Å². The van der Waals surface area contributed by atoms with E-state index >= 15 is 0 Å². The molecule has 2 aromatic rings. The minimum atomic E-state index is -3.94. The van der Waals surface area contributed by atoms with Gasteiger partial charge in [0.15, 0.2) is 5.88 Å². The van der Waals surface area contributed by atoms with E-state index in [1.807, 2.05) is 12.2 Å². The molecule has 7 rings (SSSR count). The fraction of sp³-hybridized carbons (Fsp3) is 0.407. The summed E-state index contributed by atoms with van der Waals surface area (Å²) in [7, 11) is -2.68. The number of methoxy groups -OCH3 is 1. The molecule has 1 atom stereocenters. The Morgan fingerprint density at radius 2 is 1.79 bits per heavy atom. The van der Waals surface area contributed by atoms with Crippen LogP contribution in [0.2, 0.25) is 5.02 Å². The standard InChI is InChI=1S/C27H28ClN3O6S/c1-36-25(32)23-17-30(38(34,35)21-7-5-18-15-20(28)6-4-19(18)16-21)12-13-31(23)26(33)27-8-10-29(11-9-27)24-22(27)3-2-14-37-24/h2-7,15-16,23H,8-14,17H2,1H3. The normalized spacial score (nSPS) is 22.8. The number of halogens is 1. The number of carbonyl (C=O) groups excluding carboxylic acids is 2. The first-order valence-corrected chi connectivity index (χ1v) is 14.4. The molecule has 0 saturated carbocycles. The minimum absolute atomic E-state index is 0.0701. The summed E-state index contributed by atoms with van der Waals surface area (Å²) in [6.45, 7) is 1.83. The molecule has 0 radical (unpaired) electrons. The van der Waals surface area contributed by atoms with Gasteiger partial charge in [-0.05, 0) is 54.0 Å². The summed E-state index contributed by atoms with van der Waals surface area (Å²) in [5.41, 5.74) is 0.0506. The summed E-state index contributed by atoms with van der Waals surface area (Å²) in [6, 6.07) is 9.05. The summed E-state index contributed by atoms with van der Waals surface area (Å²) in [6.07, 6.45) is 5.09. The number of carbonyl (C=O) groups is 2. The van der Waals surface area contributed by atoms with Crippen LogP contribution < -0.4 is 0 Å². The number of hydrogen-bond acceptors (Lipinski definition) is 7. The van der Waals surface area contributed by atoms with Crippen molar-refractivity contribution < 1.29 is 27.5 Å². The molecule has 0 spiro atoms. The molecule has 5 aliphatic rings. The number of nitrogens with zero attached hydrogens (tertiary/aromatic N) is 3. The predicted octanol–water partition coefficient (Wildman–Crippen LogP) is 2.76. The van der Waals surface area contributed by atoms with Gasteiger partial charge in [0.25, 0.3) is 0 Å². The van der Waals surface area contributed by atoms with E-state index in [2.05, 4.69) is 4.90 Å². The van der Waals surface area contributed by atoms with Crippen LogP contribution in [0.1, 0.15) is 12.8 Å². The predicted molar refractivity (Wildman–Crippen MR) is 141 cm³/mol. The van der Waals surface area contributed by atoms with E-state index in [-0.39, 0.29) is 30.4 Å². The van der Waals surface area contributed by atoms with Gasteiger partial charge in [0.1, 0.15) is 12.6 Å². The quantitative estimate of drug-likeness (QED) is 0.533. The Morgan fingerprint density at radius 3 is 2.55 bits per heavy atom. The number of hydrogen-bond donors (Lipinski definition) is 0. The largest absolute Gasteiger partial charge is 0.475 e. The molecule has 11 heteroatoms. The van der Waals surface area contributed by atoms with Gasteiger partial charge in [0.2, 0.25) is 15.9 Å². The van der Waals surface area contributed by atoms with Crippen molar-refractivity contribution in [2.24, 2.45) is 5.41 Å². The lowest BCUT2D eigenvalue weighted by atomic mass is 9.67. The lowest BCUT2D eigenvalue weighted by molar-refractivity contribution is -0.161. The highest BCUT2D eigenvalue weighted by atomic mass is 35.5. The minimum Gasteiger partial charge on any atom is -0.475 e. The molecule has 2 aromatic carbocycles. The average Bonchev–Trinajstić information content (AvgIpc) is 2.96. The van der Waals surface area contributed by atoms with Crippen LogP contribution in [0.3, 0.4) is 0 Å². The van der Waals surface area contributed by atoms with Crippen LogP contribution in [-0.4, -0.2) is 86.9 Å². The van der Waals surface area contributed by atoms with Gasteiger partial charge in [0, 0.05) is 43.3 Å². The molecule has 1 amide bonds. The Morgan fingerprint density at radius 1 is 1.05 bits per heavy atom. The van der Waals surface area contributed by atoms with Crippen LogP contribution >= 0.6 is 11.6 Å². The summed E-state index contributed by atoms with van der Waals surface area (Å²) in [5, 5.41) is 2.13. The van der Waals surface area contributed by atoms with Crippen molar-refractivity contribution >= 4 is 44.3 Å². The molecular weight excluding hydrogens is 530 g/mol. The van der Waals surface area contributed by atoms with Crippen molar-refractivity contribution in [2.45, 2.75) is 23.8 Å². The van der Waals surface area contributed by atoms with Crippen LogP contribution in [0.4, 0.5) is 0 Å².